The fourth-order valence-corrected chi connectivity index (χ4v) is 2.19. The zero-order valence-corrected chi connectivity index (χ0v) is 12.6. The number of carbonyl (C=O) groups is 2. The Hall–Kier alpha value is -2.41. The average molecular weight is 323 g/mol. The van der Waals surface area contributed by atoms with Gasteiger partial charge in [-0.25, -0.2) is 4.68 Å². The smallest absolute Gasteiger partial charge is 0.325 e. The Morgan fingerprint density at radius 3 is 2.86 bits per heavy atom. The molecule has 0 aliphatic rings. The number of amides is 1. The van der Waals surface area contributed by atoms with Gasteiger partial charge in [-0.3, -0.25) is 9.59 Å². The number of nitrogens with one attached hydrogen (secondary N) is 1. The molecule has 2 rings (SSSR count). The average Bonchev–Trinajstić information content (AvgIpc) is 2.92. The molecule has 1 aromatic carbocycles. The van der Waals surface area contributed by atoms with Crippen molar-refractivity contribution in [1.82, 2.24) is 20.3 Å². The van der Waals surface area contributed by atoms with Crippen LogP contribution in [-0.4, -0.2) is 32.0 Å². The summed E-state index contributed by atoms with van der Waals surface area (Å²) < 4.78 is 1.09. The summed E-state index contributed by atoms with van der Waals surface area (Å²) >= 11 is 5.96. The summed E-state index contributed by atoms with van der Waals surface area (Å²) in [5.41, 5.74) is 0.961. The molecule has 0 radical (unpaired) electrons. The first-order chi connectivity index (χ1) is 10.5. The Balaban J connectivity index is 2.09. The summed E-state index contributed by atoms with van der Waals surface area (Å²) in [5, 5.41) is 19.4. The molecule has 1 heterocycles. The van der Waals surface area contributed by atoms with Crippen LogP contribution in [0.2, 0.25) is 5.02 Å². The number of carbonyl (C=O) groups excluding carboxylic acids is 1. The van der Waals surface area contributed by atoms with Crippen LogP contribution >= 0.6 is 11.6 Å². The first-order valence-corrected chi connectivity index (χ1v) is 7.05. The number of hydrogen-bond acceptors (Lipinski definition) is 4. The van der Waals surface area contributed by atoms with Crippen molar-refractivity contribution in [3.63, 3.8) is 0 Å². The Morgan fingerprint density at radius 1 is 1.45 bits per heavy atom. The first-order valence-electron chi connectivity index (χ1n) is 6.68. The molecule has 0 spiro atoms. The highest BCUT2D eigenvalue weighted by Crippen LogP contribution is 2.20. The van der Waals surface area contributed by atoms with Gasteiger partial charge in [-0.05, 0) is 24.1 Å². The van der Waals surface area contributed by atoms with Crippen molar-refractivity contribution in [3.05, 3.63) is 46.7 Å². The SMILES string of the molecule is CCC(NC(=O)c1cn(CC(=O)O)nn1)c1cccc(Cl)c1. The van der Waals surface area contributed by atoms with Crippen LogP contribution in [0.3, 0.4) is 0 Å². The Bertz CT molecular complexity index is 686. The van der Waals surface area contributed by atoms with Crippen molar-refractivity contribution in [3.8, 4) is 0 Å². The summed E-state index contributed by atoms with van der Waals surface area (Å²) in [7, 11) is 0. The topological polar surface area (TPSA) is 97.1 Å². The van der Waals surface area contributed by atoms with Crippen LogP contribution in [0.1, 0.15) is 35.4 Å². The zero-order chi connectivity index (χ0) is 16.1. The van der Waals surface area contributed by atoms with Crippen molar-refractivity contribution in [2.24, 2.45) is 0 Å². The van der Waals surface area contributed by atoms with E-state index in [-0.39, 0.29) is 18.3 Å². The molecule has 7 nitrogen and oxygen atoms in total. The van der Waals surface area contributed by atoms with Gasteiger partial charge in [0, 0.05) is 5.02 Å². The second-order valence-electron chi connectivity index (χ2n) is 4.68. The maximum Gasteiger partial charge on any atom is 0.325 e. The van der Waals surface area contributed by atoms with Gasteiger partial charge in [0.2, 0.25) is 0 Å². The molecular weight excluding hydrogens is 308 g/mol. The molecule has 116 valence electrons. The van der Waals surface area contributed by atoms with E-state index in [1.807, 2.05) is 19.1 Å². The van der Waals surface area contributed by atoms with Crippen LogP contribution in [0, 0.1) is 0 Å². The van der Waals surface area contributed by atoms with Gasteiger partial charge in [0.05, 0.1) is 12.2 Å². The Morgan fingerprint density at radius 2 is 2.23 bits per heavy atom. The van der Waals surface area contributed by atoms with E-state index in [0.717, 1.165) is 10.2 Å². The number of benzene rings is 1. The number of nitrogens with zero attached hydrogens (tertiary/aromatic N) is 3. The van der Waals surface area contributed by atoms with Crippen LogP contribution in [-0.2, 0) is 11.3 Å². The minimum atomic E-state index is -1.05. The van der Waals surface area contributed by atoms with Gasteiger partial charge in [-0.15, -0.1) is 5.10 Å². The maximum absolute atomic E-state index is 12.2. The van der Waals surface area contributed by atoms with Crippen LogP contribution < -0.4 is 5.32 Å². The largest absolute Gasteiger partial charge is 0.480 e. The van der Waals surface area contributed by atoms with Gasteiger partial charge in [0.25, 0.3) is 5.91 Å². The van der Waals surface area contributed by atoms with E-state index in [0.29, 0.717) is 11.4 Å². The molecule has 2 N–H and O–H groups in total. The second kappa shape index (κ2) is 7.04. The predicted molar refractivity (Wildman–Crippen MR) is 79.6 cm³/mol. The number of carboxylic acids is 1. The molecule has 0 bridgehead atoms. The van der Waals surface area contributed by atoms with E-state index in [1.165, 1.54) is 6.20 Å². The second-order valence-corrected chi connectivity index (χ2v) is 5.12. The van der Waals surface area contributed by atoms with Gasteiger partial charge < -0.3 is 10.4 Å². The van der Waals surface area contributed by atoms with Crippen molar-refractivity contribution >= 4 is 23.5 Å². The summed E-state index contributed by atoms with van der Waals surface area (Å²) in [6.45, 7) is 1.60. The molecule has 2 aromatic rings. The van der Waals surface area contributed by atoms with Crippen LogP contribution in [0.15, 0.2) is 30.5 Å². The molecule has 0 fully saturated rings. The zero-order valence-electron chi connectivity index (χ0n) is 11.9. The molecule has 8 heteroatoms. The molecule has 0 aliphatic carbocycles. The summed E-state index contributed by atoms with van der Waals surface area (Å²) in [6, 6.07) is 7.03. The number of aliphatic carboxylic acids is 1. The number of hydrogen-bond donors (Lipinski definition) is 2. The van der Waals surface area contributed by atoms with Crippen LogP contribution in [0.25, 0.3) is 0 Å². The van der Waals surface area contributed by atoms with E-state index < -0.39 is 11.9 Å². The number of rotatable bonds is 6. The van der Waals surface area contributed by atoms with Crippen molar-refractivity contribution < 1.29 is 14.7 Å². The predicted octanol–water partition coefficient (Wildman–Crippen LogP) is 1.90. The van der Waals surface area contributed by atoms with Gasteiger partial charge in [0.15, 0.2) is 5.69 Å². The molecule has 1 aromatic heterocycles. The van der Waals surface area contributed by atoms with E-state index in [1.54, 1.807) is 12.1 Å². The van der Waals surface area contributed by atoms with E-state index >= 15 is 0 Å². The highest BCUT2D eigenvalue weighted by molar-refractivity contribution is 6.30. The monoisotopic (exact) mass is 322 g/mol. The molecule has 0 saturated carbocycles. The Labute approximate surface area is 131 Å². The van der Waals surface area contributed by atoms with E-state index in [9.17, 15) is 9.59 Å². The van der Waals surface area contributed by atoms with Gasteiger partial charge in [-0.1, -0.05) is 35.9 Å². The van der Waals surface area contributed by atoms with Gasteiger partial charge in [0.1, 0.15) is 6.54 Å². The fraction of sp³-hybridized carbons (Fsp3) is 0.286. The molecule has 1 unspecified atom stereocenters. The molecule has 1 atom stereocenters. The lowest BCUT2D eigenvalue weighted by Gasteiger charge is -2.16. The molecular formula is C14H15ClN4O3. The quantitative estimate of drug-likeness (QED) is 0.846. The fourth-order valence-electron chi connectivity index (χ4n) is 1.99. The Kier molecular flexibility index (Phi) is 5.11. The molecule has 22 heavy (non-hydrogen) atoms. The molecule has 0 saturated heterocycles. The van der Waals surface area contributed by atoms with Crippen LogP contribution in [0.5, 0.6) is 0 Å². The maximum atomic E-state index is 12.2. The van der Waals surface area contributed by atoms with Crippen molar-refractivity contribution in [2.45, 2.75) is 25.9 Å². The third-order valence-electron chi connectivity index (χ3n) is 3.03. The minimum absolute atomic E-state index is 0.0710. The minimum Gasteiger partial charge on any atom is -0.480 e. The molecule has 0 aliphatic heterocycles. The van der Waals surface area contributed by atoms with E-state index in [4.69, 9.17) is 16.7 Å². The van der Waals surface area contributed by atoms with Gasteiger partial charge >= 0.3 is 5.97 Å². The third-order valence-corrected chi connectivity index (χ3v) is 3.27. The summed E-state index contributed by atoms with van der Waals surface area (Å²) in [4.78, 5) is 22.8. The summed E-state index contributed by atoms with van der Waals surface area (Å²) in [6.07, 6.45) is 1.98. The number of carboxylic acid groups (broad SMARTS) is 1. The van der Waals surface area contributed by atoms with E-state index in [2.05, 4.69) is 15.6 Å². The lowest BCUT2D eigenvalue weighted by atomic mass is 10.0. The van der Waals surface area contributed by atoms with Crippen molar-refractivity contribution in [2.75, 3.05) is 0 Å². The van der Waals surface area contributed by atoms with Crippen molar-refractivity contribution in [1.29, 1.82) is 0 Å². The van der Waals surface area contributed by atoms with Crippen LogP contribution in [0.4, 0.5) is 0 Å². The number of aromatic nitrogens is 3. The lowest BCUT2D eigenvalue weighted by molar-refractivity contribution is -0.137. The highest BCUT2D eigenvalue weighted by atomic mass is 35.5. The molecule has 1 amide bonds. The highest BCUT2D eigenvalue weighted by Gasteiger charge is 2.17. The number of halogens is 1. The lowest BCUT2D eigenvalue weighted by Crippen LogP contribution is -2.28. The summed E-state index contributed by atoms with van der Waals surface area (Å²) in [5.74, 6) is -1.47. The first kappa shape index (κ1) is 16.0. The standard InChI is InChI=1S/C14H15ClN4O3/c1-2-11(9-4-3-5-10(15)6-9)16-14(22)12-7-19(18-17-12)8-13(20)21/h3-7,11H,2,8H2,1H3,(H,16,22)(H,20,21). The normalized spacial score (nSPS) is 11.9. The van der Waals surface area contributed by atoms with Gasteiger partial charge in [-0.2, -0.15) is 0 Å². The third kappa shape index (κ3) is 4.05.